The van der Waals surface area contributed by atoms with E-state index >= 15 is 0 Å². The number of hydrazine groups is 1. The molecule has 0 bridgehead atoms. The van der Waals surface area contributed by atoms with E-state index < -0.39 is 0 Å². The number of thioether (sulfide) groups is 1. The molecule has 0 atom stereocenters. The van der Waals surface area contributed by atoms with Gasteiger partial charge in [-0.2, -0.15) is 0 Å². The Hall–Kier alpha value is -1.45. The van der Waals surface area contributed by atoms with Crippen molar-refractivity contribution < 1.29 is 9.59 Å². The lowest BCUT2D eigenvalue weighted by Crippen LogP contribution is -2.42. The average Bonchev–Trinajstić information content (AvgIpc) is 3.05. The number of amides is 2. The molecule has 0 aliphatic heterocycles. The third kappa shape index (κ3) is 3.79. The molecule has 0 aromatic carbocycles. The van der Waals surface area contributed by atoms with Gasteiger partial charge < -0.3 is 0 Å². The van der Waals surface area contributed by atoms with Crippen molar-refractivity contribution >= 4 is 46.2 Å². The summed E-state index contributed by atoms with van der Waals surface area (Å²) in [5.41, 5.74) is 6.27. The van der Waals surface area contributed by atoms with Crippen molar-refractivity contribution in [3.8, 4) is 0 Å². The van der Waals surface area contributed by atoms with Crippen LogP contribution in [0.4, 0.5) is 0 Å². The Morgan fingerprint density at radius 1 is 1.33 bits per heavy atom. The Morgan fingerprint density at radius 2 is 2.22 bits per heavy atom. The van der Waals surface area contributed by atoms with E-state index in [-0.39, 0.29) is 17.6 Å². The summed E-state index contributed by atoms with van der Waals surface area (Å²) in [5, 5.41) is 9.24. The van der Waals surface area contributed by atoms with Crippen LogP contribution in [0.2, 0.25) is 0 Å². The minimum absolute atomic E-state index is 0.180. The fourth-order valence-electron chi connectivity index (χ4n) is 0.985. The molecule has 18 heavy (non-hydrogen) atoms. The fourth-order valence-corrected chi connectivity index (χ4v) is 2.89. The normalized spacial score (nSPS) is 10.0. The van der Waals surface area contributed by atoms with Crippen LogP contribution in [0.15, 0.2) is 27.4 Å². The van der Waals surface area contributed by atoms with E-state index in [1.165, 1.54) is 34.4 Å². The molecule has 2 N–H and O–H groups in total. The summed E-state index contributed by atoms with van der Waals surface area (Å²) in [6, 6.07) is 3.45. The number of nitrogens with one attached hydrogen (secondary N) is 2. The van der Waals surface area contributed by atoms with Crippen molar-refractivity contribution in [2.45, 2.75) is 4.34 Å². The average molecular weight is 300 g/mol. The maximum absolute atomic E-state index is 11.5. The molecular formula is C9H8N4O2S3. The molecule has 9 heteroatoms. The lowest BCUT2D eigenvalue weighted by atomic mass is 10.4. The third-order valence-electron chi connectivity index (χ3n) is 1.73. The molecule has 2 aromatic heterocycles. The maximum atomic E-state index is 11.5. The van der Waals surface area contributed by atoms with Crippen LogP contribution in [0.3, 0.4) is 0 Å². The second-order valence-corrected chi connectivity index (χ2v) is 5.98. The van der Waals surface area contributed by atoms with Crippen LogP contribution >= 0.6 is 34.4 Å². The minimum Gasteiger partial charge on any atom is -0.272 e. The summed E-state index contributed by atoms with van der Waals surface area (Å²) in [6.07, 6.45) is 0. The Bertz CT molecular complexity index is 512. The third-order valence-corrected chi connectivity index (χ3v) is 4.46. The van der Waals surface area contributed by atoms with Gasteiger partial charge in [0.2, 0.25) is 5.91 Å². The molecule has 0 aliphatic rings. The smallest absolute Gasteiger partial charge is 0.272 e. The van der Waals surface area contributed by atoms with E-state index in [2.05, 4.69) is 21.0 Å². The van der Waals surface area contributed by atoms with Crippen LogP contribution < -0.4 is 10.9 Å². The molecule has 0 unspecified atom stereocenters. The monoisotopic (exact) mass is 300 g/mol. The number of nitrogens with zero attached hydrogens (tertiary/aromatic N) is 2. The number of rotatable bonds is 4. The van der Waals surface area contributed by atoms with Crippen molar-refractivity contribution in [3.63, 3.8) is 0 Å². The highest BCUT2D eigenvalue weighted by molar-refractivity contribution is 8.01. The Balaban J connectivity index is 1.70. The molecule has 0 spiro atoms. The highest BCUT2D eigenvalue weighted by Crippen LogP contribution is 2.17. The number of carbonyl (C=O) groups is 2. The molecule has 0 fully saturated rings. The maximum Gasteiger partial charge on any atom is 0.279 e. The second-order valence-electron chi connectivity index (χ2n) is 2.97. The van der Waals surface area contributed by atoms with Gasteiger partial charge in [-0.05, 0) is 11.4 Å². The second kappa shape index (κ2) is 6.47. The zero-order valence-corrected chi connectivity index (χ0v) is 11.4. The van der Waals surface area contributed by atoms with Crippen molar-refractivity contribution in [1.82, 2.24) is 21.0 Å². The first-order valence-corrected chi connectivity index (χ1v) is 7.52. The summed E-state index contributed by atoms with van der Waals surface area (Å²) in [7, 11) is 0. The van der Waals surface area contributed by atoms with Crippen LogP contribution in [0.5, 0.6) is 0 Å². The summed E-state index contributed by atoms with van der Waals surface area (Å²) < 4.78 is 0.717. The number of aromatic nitrogens is 2. The number of carbonyl (C=O) groups excluding carboxylic acids is 2. The first kappa shape index (κ1) is 13.0. The topological polar surface area (TPSA) is 84.0 Å². The zero-order chi connectivity index (χ0) is 12.8. The molecule has 0 saturated heterocycles. The van der Waals surface area contributed by atoms with Crippen LogP contribution in [0.1, 0.15) is 9.67 Å². The zero-order valence-electron chi connectivity index (χ0n) is 8.95. The van der Waals surface area contributed by atoms with Crippen LogP contribution in [0, 0.1) is 0 Å². The Morgan fingerprint density at radius 3 is 2.89 bits per heavy atom. The number of hydrogen-bond acceptors (Lipinski definition) is 7. The van der Waals surface area contributed by atoms with Gasteiger partial charge in [-0.3, -0.25) is 20.4 Å². The van der Waals surface area contributed by atoms with E-state index in [1.54, 1.807) is 23.0 Å². The van der Waals surface area contributed by atoms with Crippen molar-refractivity contribution in [3.05, 3.63) is 27.9 Å². The predicted molar refractivity (Wildman–Crippen MR) is 70.6 cm³/mol. The quantitative estimate of drug-likeness (QED) is 0.654. The van der Waals surface area contributed by atoms with E-state index in [0.29, 0.717) is 4.88 Å². The van der Waals surface area contributed by atoms with Gasteiger partial charge in [-0.15, -0.1) is 21.5 Å². The summed E-state index contributed by atoms with van der Waals surface area (Å²) in [6.45, 7) is 0. The highest BCUT2D eigenvalue weighted by Gasteiger charge is 2.08. The summed E-state index contributed by atoms with van der Waals surface area (Å²) >= 11 is 3.94. The van der Waals surface area contributed by atoms with Gasteiger partial charge in [0, 0.05) is 0 Å². The number of thiophene rings is 1. The fraction of sp³-hybridized carbons (Fsp3) is 0.111. The van der Waals surface area contributed by atoms with Crippen LogP contribution in [0.25, 0.3) is 0 Å². The van der Waals surface area contributed by atoms with Crippen LogP contribution in [-0.2, 0) is 4.79 Å². The van der Waals surface area contributed by atoms with Gasteiger partial charge >= 0.3 is 0 Å². The van der Waals surface area contributed by atoms with E-state index in [0.717, 1.165) is 4.34 Å². The standard InChI is InChI=1S/C9H8N4O2S3/c14-7(4-17-9-13-10-5-18-9)11-12-8(15)6-2-1-3-16-6/h1-3,5H,4H2,(H,11,14)(H,12,15). The molecule has 2 rings (SSSR count). The molecule has 0 radical (unpaired) electrons. The molecule has 6 nitrogen and oxygen atoms in total. The first-order chi connectivity index (χ1) is 8.75. The highest BCUT2D eigenvalue weighted by atomic mass is 32.2. The Kier molecular flexibility index (Phi) is 4.67. The van der Waals surface area contributed by atoms with E-state index in [9.17, 15) is 9.59 Å². The molecule has 0 saturated carbocycles. The Labute approximate surface area is 115 Å². The first-order valence-electron chi connectivity index (χ1n) is 4.77. The van der Waals surface area contributed by atoms with Crippen LogP contribution in [-0.4, -0.2) is 27.8 Å². The van der Waals surface area contributed by atoms with Gasteiger partial charge in [-0.1, -0.05) is 29.2 Å². The SMILES string of the molecule is O=C(CSc1nncs1)NNC(=O)c1cccs1. The lowest BCUT2D eigenvalue weighted by molar-refractivity contribution is -0.119. The lowest BCUT2D eigenvalue weighted by Gasteiger charge is -2.04. The molecule has 0 aliphatic carbocycles. The van der Waals surface area contributed by atoms with Gasteiger partial charge in [0.25, 0.3) is 5.91 Å². The molecule has 94 valence electrons. The van der Waals surface area contributed by atoms with Crippen molar-refractivity contribution in [2.24, 2.45) is 0 Å². The van der Waals surface area contributed by atoms with E-state index in [1.807, 2.05) is 0 Å². The summed E-state index contributed by atoms with van der Waals surface area (Å²) in [5.74, 6) is -0.431. The molecule has 2 heterocycles. The van der Waals surface area contributed by atoms with Gasteiger partial charge in [-0.25, -0.2) is 0 Å². The molecule has 2 amide bonds. The number of hydrogen-bond donors (Lipinski definition) is 2. The van der Waals surface area contributed by atoms with Gasteiger partial charge in [0.15, 0.2) is 4.34 Å². The van der Waals surface area contributed by atoms with Gasteiger partial charge in [0.05, 0.1) is 10.6 Å². The predicted octanol–water partition coefficient (Wildman–Crippen LogP) is 1.15. The van der Waals surface area contributed by atoms with Gasteiger partial charge in [0.1, 0.15) is 5.51 Å². The van der Waals surface area contributed by atoms with Crippen molar-refractivity contribution in [2.75, 3.05) is 5.75 Å². The summed E-state index contributed by atoms with van der Waals surface area (Å²) in [4.78, 5) is 23.5. The largest absolute Gasteiger partial charge is 0.279 e. The molecule has 2 aromatic rings. The van der Waals surface area contributed by atoms with Crippen molar-refractivity contribution in [1.29, 1.82) is 0 Å². The molecular weight excluding hydrogens is 292 g/mol. The van der Waals surface area contributed by atoms with E-state index in [4.69, 9.17) is 0 Å². The minimum atomic E-state index is -0.320.